The van der Waals surface area contributed by atoms with Crippen molar-refractivity contribution < 1.29 is 5.11 Å². The number of hydrogen-bond acceptors (Lipinski definition) is 2. The van der Waals surface area contributed by atoms with Crippen molar-refractivity contribution in [1.82, 2.24) is 5.32 Å². The van der Waals surface area contributed by atoms with E-state index in [2.05, 4.69) is 42.7 Å². The Morgan fingerprint density at radius 2 is 1.81 bits per heavy atom. The van der Waals surface area contributed by atoms with Gasteiger partial charge in [0.05, 0.1) is 0 Å². The van der Waals surface area contributed by atoms with Gasteiger partial charge in [0, 0.05) is 12.2 Å². The fourth-order valence-electron chi connectivity index (χ4n) is 2.02. The molecule has 0 amide bonds. The van der Waals surface area contributed by atoms with E-state index in [0.29, 0.717) is 10.9 Å². The monoisotopic (exact) mass is 300 g/mol. The highest BCUT2D eigenvalue weighted by molar-refractivity contribution is 7.80. The van der Waals surface area contributed by atoms with Gasteiger partial charge in [0.1, 0.15) is 5.75 Å². The molecule has 0 unspecified atom stereocenters. The predicted molar refractivity (Wildman–Crippen MR) is 92.0 cm³/mol. The van der Waals surface area contributed by atoms with Crippen molar-refractivity contribution in [2.75, 3.05) is 11.9 Å². The number of phenolic OH excluding ortho intramolecular Hbond substituents is 1. The van der Waals surface area contributed by atoms with Crippen LogP contribution in [0.2, 0.25) is 0 Å². The molecule has 0 spiro atoms. The van der Waals surface area contributed by atoms with Crippen molar-refractivity contribution in [2.24, 2.45) is 0 Å². The third-order valence-electron chi connectivity index (χ3n) is 3.28. The molecule has 0 saturated carbocycles. The minimum Gasteiger partial charge on any atom is -0.508 e. The van der Waals surface area contributed by atoms with Crippen LogP contribution in [0, 0.1) is 13.8 Å². The molecular weight excluding hydrogens is 280 g/mol. The second-order valence-corrected chi connectivity index (χ2v) is 5.52. The Morgan fingerprint density at radius 3 is 2.52 bits per heavy atom. The molecule has 2 aromatic rings. The molecule has 0 radical (unpaired) electrons. The van der Waals surface area contributed by atoms with Crippen LogP contribution in [0.15, 0.2) is 42.5 Å². The summed E-state index contributed by atoms with van der Waals surface area (Å²) in [6.07, 6.45) is 0.856. The molecule has 21 heavy (non-hydrogen) atoms. The van der Waals surface area contributed by atoms with E-state index in [1.54, 1.807) is 12.1 Å². The van der Waals surface area contributed by atoms with Gasteiger partial charge >= 0.3 is 0 Å². The van der Waals surface area contributed by atoms with E-state index in [0.717, 1.165) is 24.2 Å². The second-order valence-electron chi connectivity index (χ2n) is 5.12. The van der Waals surface area contributed by atoms with Crippen LogP contribution in [0.5, 0.6) is 5.75 Å². The number of aryl methyl sites for hydroxylation is 2. The number of hydrogen-bond donors (Lipinski definition) is 3. The van der Waals surface area contributed by atoms with Gasteiger partial charge in [-0.15, -0.1) is 0 Å². The summed E-state index contributed by atoms with van der Waals surface area (Å²) in [5.41, 5.74) is 4.57. The average Bonchev–Trinajstić information content (AvgIpc) is 2.45. The molecule has 4 heteroatoms. The summed E-state index contributed by atoms with van der Waals surface area (Å²) in [4.78, 5) is 0. The standard InChI is InChI=1S/C17H20N2OS/c1-12-3-4-13(2)16(11-12)19-17(21)18-10-9-14-5-7-15(20)8-6-14/h3-8,11,20H,9-10H2,1-2H3,(H2,18,19,21). The summed E-state index contributed by atoms with van der Waals surface area (Å²) in [7, 11) is 0. The van der Waals surface area contributed by atoms with Crippen LogP contribution < -0.4 is 10.6 Å². The highest BCUT2D eigenvalue weighted by Crippen LogP contribution is 2.16. The second kappa shape index (κ2) is 7.09. The van der Waals surface area contributed by atoms with Crippen molar-refractivity contribution >= 4 is 23.0 Å². The van der Waals surface area contributed by atoms with Crippen molar-refractivity contribution in [1.29, 1.82) is 0 Å². The summed E-state index contributed by atoms with van der Waals surface area (Å²) in [6, 6.07) is 13.5. The normalized spacial score (nSPS) is 10.2. The van der Waals surface area contributed by atoms with E-state index in [1.807, 2.05) is 12.1 Å². The average molecular weight is 300 g/mol. The lowest BCUT2D eigenvalue weighted by Crippen LogP contribution is -2.30. The van der Waals surface area contributed by atoms with Crippen molar-refractivity contribution in [3.63, 3.8) is 0 Å². The lowest BCUT2D eigenvalue weighted by Gasteiger charge is -2.13. The number of nitrogens with one attached hydrogen (secondary N) is 2. The Morgan fingerprint density at radius 1 is 1.10 bits per heavy atom. The van der Waals surface area contributed by atoms with Gasteiger partial charge in [-0.3, -0.25) is 0 Å². The van der Waals surface area contributed by atoms with E-state index in [4.69, 9.17) is 12.2 Å². The zero-order valence-corrected chi connectivity index (χ0v) is 13.1. The zero-order valence-electron chi connectivity index (χ0n) is 12.3. The predicted octanol–water partition coefficient (Wildman–Crippen LogP) is 3.54. The molecule has 0 atom stereocenters. The maximum atomic E-state index is 9.24. The fraction of sp³-hybridized carbons (Fsp3) is 0.235. The van der Waals surface area contributed by atoms with Crippen LogP contribution in [0.1, 0.15) is 16.7 Å². The third-order valence-corrected chi connectivity index (χ3v) is 3.52. The number of phenols is 1. The molecule has 3 nitrogen and oxygen atoms in total. The maximum Gasteiger partial charge on any atom is 0.170 e. The molecule has 0 saturated heterocycles. The molecular formula is C17H20N2OS. The van der Waals surface area contributed by atoms with Crippen LogP contribution in [0.3, 0.4) is 0 Å². The van der Waals surface area contributed by atoms with Gasteiger partial charge in [0.25, 0.3) is 0 Å². The Hall–Kier alpha value is -2.07. The van der Waals surface area contributed by atoms with E-state index in [9.17, 15) is 5.11 Å². The van der Waals surface area contributed by atoms with Crippen LogP contribution in [-0.4, -0.2) is 16.8 Å². The fourth-order valence-corrected chi connectivity index (χ4v) is 2.23. The molecule has 0 bridgehead atoms. The molecule has 0 fully saturated rings. The Kier molecular flexibility index (Phi) is 5.17. The lowest BCUT2D eigenvalue weighted by atomic mass is 10.1. The van der Waals surface area contributed by atoms with E-state index in [1.165, 1.54) is 11.1 Å². The van der Waals surface area contributed by atoms with E-state index in [-0.39, 0.29) is 0 Å². The van der Waals surface area contributed by atoms with E-state index >= 15 is 0 Å². The van der Waals surface area contributed by atoms with Gasteiger partial charge in [0.2, 0.25) is 0 Å². The minimum absolute atomic E-state index is 0.291. The first-order chi connectivity index (χ1) is 10.0. The number of benzene rings is 2. The number of aromatic hydroxyl groups is 1. The number of anilines is 1. The van der Waals surface area contributed by atoms with Crippen LogP contribution in [0.4, 0.5) is 5.69 Å². The quantitative estimate of drug-likeness (QED) is 0.756. The molecule has 2 rings (SSSR count). The highest BCUT2D eigenvalue weighted by Gasteiger charge is 2.01. The van der Waals surface area contributed by atoms with Gasteiger partial charge in [-0.05, 0) is 67.4 Å². The van der Waals surface area contributed by atoms with Crippen LogP contribution >= 0.6 is 12.2 Å². The Bertz CT molecular complexity index is 623. The van der Waals surface area contributed by atoms with Crippen molar-refractivity contribution in [3.8, 4) is 5.75 Å². The smallest absolute Gasteiger partial charge is 0.170 e. The molecule has 0 aromatic heterocycles. The van der Waals surface area contributed by atoms with Gasteiger partial charge in [-0.2, -0.15) is 0 Å². The van der Waals surface area contributed by atoms with Gasteiger partial charge in [-0.25, -0.2) is 0 Å². The van der Waals surface area contributed by atoms with Crippen molar-refractivity contribution in [2.45, 2.75) is 20.3 Å². The summed E-state index contributed by atoms with van der Waals surface area (Å²) >= 11 is 5.31. The molecule has 2 aromatic carbocycles. The topological polar surface area (TPSA) is 44.3 Å². The molecule has 0 aliphatic heterocycles. The number of thiocarbonyl (C=S) groups is 1. The van der Waals surface area contributed by atoms with Crippen LogP contribution in [0.25, 0.3) is 0 Å². The molecule has 0 aliphatic carbocycles. The summed E-state index contributed by atoms with van der Waals surface area (Å²) < 4.78 is 0. The lowest BCUT2D eigenvalue weighted by molar-refractivity contribution is 0.475. The summed E-state index contributed by atoms with van der Waals surface area (Å²) in [5.74, 6) is 0.291. The first-order valence-electron chi connectivity index (χ1n) is 6.94. The third kappa shape index (κ3) is 4.76. The van der Waals surface area contributed by atoms with Gasteiger partial charge in [-0.1, -0.05) is 24.3 Å². The summed E-state index contributed by atoms with van der Waals surface area (Å²) in [5, 5.41) is 16.3. The molecule has 3 N–H and O–H groups in total. The van der Waals surface area contributed by atoms with Crippen molar-refractivity contribution in [3.05, 3.63) is 59.2 Å². The SMILES string of the molecule is Cc1ccc(C)c(NC(=S)NCCc2ccc(O)cc2)c1. The molecule has 0 aliphatic rings. The van der Waals surface area contributed by atoms with Crippen LogP contribution in [-0.2, 0) is 6.42 Å². The first-order valence-corrected chi connectivity index (χ1v) is 7.35. The number of rotatable bonds is 4. The zero-order chi connectivity index (χ0) is 15.2. The molecule has 110 valence electrons. The Labute approximate surface area is 131 Å². The van der Waals surface area contributed by atoms with Gasteiger partial charge in [0.15, 0.2) is 5.11 Å². The minimum atomic E-state index is 0.291. The largest absolute Gasteiger partial charge is 0.508 e. The Balaban J connectivity index is 1.82. The maximum absolute atomic E-state index is 9.24. The first kappa shape index (κ1) is 15.3. The highest BCUT2D eigenvalue weighted by atomic mass is 32.1. The van der Waals surface area contributed by atoms with Gasteiger partial charge < -0.3 is 15.7 Å². The van der Waals surface area contributed by atoms with E-state index < -0.39 is 0 Å². The molecule has 0 heterocycles. The summed E-state index contributed by atoms with van der Waals surface area (Å²) in [6.45, 7) is 4.87.